The smallest absolute Gasteiger partial charge is 0.265 e. The van der Waals surface area contributed by atoms with Crippen molar-refractivity contribution in [3.05, 3.63) is 91.2 Å². The Labute approximate surface area is 280 Å². The molecule has 0 unspecified atom stereocenters. The van der Waals surface area contributed by atoms with E-state index in [4.69, 9.17) is 16.6 Å². The van der Waals surface area contributed by atoms with E-state index in [0.29, 0.717) is 70.0 Å². The van der Waals surface area contributed by atoms with E-state index in [1.165, 1.54) is 16.2 Å². The van der Waals surface area contributed by atoms with E-state index in [0.717, 1.165) is 35.2 Å². The van der Waals surface area contributed by atoms with Crippen LogP contribution in [0, 0.1) is 5.92 Å². The van der Waals surface area contributed by atoms with E-state index in [1.807, 2.05) is 23.1 Å². The molecule has 46 heavy (non-hydrogen) atoms. The van der Waals surface area contributed by atoms with Gasteiger partial charge in [-0.05, 0) is 54.5 Å². The van der Waals surface area contributed by atoms with Gasteiger partial charge in [-0.15, -0.1) is 11.3 Å². The summed E-state index contributed by atoms with van der Waals surface area (Å²) in [7, 11) is 3.39. The van der Waals surface area contributed by atoms with Crippen molar-refractivity contribution in [1.82, 2.24) is 24.7 Å². The molecule has 242 valence electrons. The van der Waals surface area contributed by atoms with Crippen LogP contribution in [0.4, 0.5) is 0 Å². The van der Waals surface area contributed by atoms with Gasteiger partial charge in [-0.3, -0.25) is 19.0 Å². The summed E-state index contributed by atoms with van der Waals surface area (Å²) in [6, 6.07) is 15.0. The number of aryl methyl sites for hydroxylation is 2. The first kappa shape index (κ1) is 33.6. The number of benzene rings is 2. The normalized spacial score (nSPS) is 13.3. The number of carbonyl (C=O) groups excluding carboxylic acids is 2. The van der Waals surface area contributed by atoms with Crippen molar-refractivity contribution < 1.29 is 9.59 Å². The number of carbonyl (C=O) groups is 2. The fraction of sp³-hybridized carbons (Fsp3) is 0.389. The minimum atomic E-state index is -0.247. The molecule has 3 heterocycles. The molecule has 0 aliphatic carbocycles. The largest absolute Gasteiger partial charge is 0.344 e. The molecule has 0 bridgehead atoms. The Kier molecular flexibility index (Phi) is 10.5. The number of nitrogens with one attached hydrogen (secondary N) is 1. The van der Waals surface area contributed by atoms with Gasteiger partial charge in [0.05, 0.1) is 22.5 Å². The predicted octanol–water partition coefficient (Wildman–Crippen LogP) is 6.35. The van der Waals surface area contributed by atoms with Crippen LogP contribution in [-0.4, -0.2) is 71.4 Å². The molecule has 4 aromatic rings. The molecule has 1 N–H and O–H groups in total. The Balaban J connectivity index is 1.87. The zero-order valence-corrected chi connectivity index (χ0v) is 29.0. The molecule has 0 saturated carbocycles. The van der Waals surface area contributed by atoms with Crippen LogP contribution in [0.1, 0.15) is 64.5 Å². The average Bonchev–Trinajstić information content (AvgIpc) is 3.49. The molecular formula is C36H42ClN5O3S. The predicted molar refractivity (Wildman–Crippen MR) is 188 cm³/mol. The zero-order valence-electron chi connectivity index (χ0n) is 27.4. The van der Waals surface area contributed by atoms with E-state index < -0.39 is 0 Å². The summed E-state index contributed by atoms with van der Waals surface area (Å²) in [5, 5.41) is 4.29. The summed E-state index contributed by atoms with van der Waals surface area (Å²) < 4.78 is 1.79. The number of aromatic nitrogens is 2. The SMILES string of the molecule is CCc1cccc(CC)c1-n1c(CC(C)C)c(C(=O)N2CCNCC2)cc(-c2nc(-c3ccc(Cl)cc3)c(C(=O)N(C)C)s2)c1=O. The summed E-state index contributed by atoms with van der Waals surface area (Å²) in [6.45, 7) is 11.0. The highest BCUT2D eigenvalue weighted by Gasteiger charge is 2.30. The Hall–Kier alpha value is -3.79. The van der Waals surface area contributed by atoms with Crippen LogP contribution >= 0.6 is 22.9 Å². The third kappa shape index (κ3) is 6.68. The van der Waals surface area contributed by atoms with Gasteiger partial charge >= 0.3 is 0 Å². The topological polar surface area (TPSA) is 87.5 Å². The Morgan fingerprint density at radius 2 is 1.65 bits per heavy atom. The highest BCUT2D eigenvalue weighted by molar-refractivity contribution is 7.17. The lowest BCUT2D eigenvalue weighted by Crippen LogP contribution is -2.47. The second-order valence-electron chi connectivity index (χ2n) is 12.2. The van der Waals surface area contributed by atoms with Gasteiger partial charge < -0.3 is 15.1 Å². The van der Waals surface area contributed by atoms with Crippen LogP contribution in [0.25, 0.3) is 27.5 Å². The molecule has 0 spiro atoms. The number of amides is 2. The van der Waals surface area contributed by atoms with Crippen molar-refractivity contribution >= 4 is 34.8 Å². The van der Waals surface area contributed by atoms with Crippen LogP contribution in [-0.2, 0) is 19.3 Å². The van der Waals surface area contributed by atoms with E-state index in [2.05, 4.69) is 45.1 Å². The van der Waals surface area contributed by atoms with Crippen molar-refractivity contribution in [3.63, 3.8) is 0 Å². The monoisotopic (exact) mass is 659 g/mol. The fourth-order valence-electron chi connectivity index (χ4n) is 5.94. The van der Waals surface area contributed by atoms with E-state index in [9.17, 15) is 14.4 Å². The molecule has 1 saturated heterocycles. The lowest BCUT2D eigenvalue weighted by atomic mass is 9.97. The quantitative estimate of drug-likeness (QED) is 0.226. The molecule has 1 aliphatic rings. The van der Waals surface area contributed by atoms with E-state index in [1.54, 1.807) is 36.9 Å². The molecule has 2 aromatic heterocycles. The first-order valence-corrected chi connectivity index (χ1v) is 17.1. The zero-order chi connectivity index (χ0) is 33.1. The van der Waals surface area contributed by atoms with Crippen molar-refractivity contribution in [1.29, 1.82) is 0 Å². The Morgan fingerprint density at radius 3 is 2.22 bits per heavy atom. The molecule has 8 nitrogen and oxygen atoms in total. The number of piperazine rings is 1. The van der Waals surface area contributed by atoms with Gasteiger partial charge in [-0.2, -0.15) is 0 Å². The Morgan fingerprint density at radius 1 is 1.02 bits per heavy atom. The second-order valence-corrected chi connectivity index (χ2v) is 13.7. The van der Waals surface area contributed by atoms with Gasteiger partial charge in [0.1, 0.15) is 9.88 Å². The Bertz CT molecular complexity index is 1780. The number of halogens is 1. The third-order valence-corrected chi connectivity index (χ3v) is 9.63. The highest BCUT2D eigenvalue weighted by Crippen LogP contribution is 2.36. The summed E-state index contributed by atoms with van der Waals surface area (Å²) in [5.74, 6) is -0.129. The highest BCUT2D eigenvalue weighted by atomic mass is 35.5. The van der Waals surface area contributed by atoms with Crippen LogP contribution in [0.15, 0.2) is 53.3 Å². The first-order chi connectivity index (χ1) is 22.0. The van der Waals surface area contributed by atoms with Gasteiger partial charge in [0, 0.05) is 56.6 Å². The molecule has 0 radical (unpaired) electrons. The van der Waals surface area contributed by atoms with Gasteiger partial charge in [0.25, 0.3) is 17.4 Å². The molecule has 10 heteroatoms. The molecule has 5 rings (SSSR count). The lowest BCUT2D eigenvalue weighted by Gasteiger charge is -2.30. The fourth-order valence-corrected chi connectivity index (χ4v) is 7.19. The number of hydrogen-bond donors (Lipinski definition) is 1. The van der Waals surface area contributed by atoms with Crippen molar-refractivity contribution in [2.24, 2.45) is 5.92 Å². The molecule has 1 aliphatic heterocycles. The summed E-state index contributed by atoms with van der Waals surface area (Å²) in [5.41, 5.74) is 5.37. The van der Waals surface area contributed by atoms with Gasteiger partial charge in [0.2, 0.25) is 0 Å². The van der Waals surface area contributed by atoms with Crippen LogP contribution in [0.5, 0.6) is 0 Å². The van der Waals surface area contributed by atoms with Crippen LogP contribution < -0.4 is 10.9 Å². The molecular weight excluding hydrogens is 618 g/mol. The van der Waals surface area contributed by atoms with Gasteiger partial charge in [-0.1, -0.05) is 69.6 Å². The minimum Gasteiger partial charge on any atom is -0.344 e. The first-order valence-electron chi connectivity index (χ1n) is 15.9. The maximum absolute atomic E-state index is 14.9. The number of rotatable bonds is 9. The third-order valence-electron chi connectivity index (χ3n) is 8.30. The van der Waals surface area contributed by atoms with Crippen LogP contribution in [0.3, 0.4) is 0 Å². The molecule has 2 aromatic carbocycles. The number of para-hydroxylation sites is 1. The van der Waals surface area contributed by atoms with Crippen molar-refractivity contribution in [2.45, 2.75) is 47.0 Å². The second kappa shape index (κ2) is 14.3. The van der Waals surface area contributed by atoms with Gasteiger partial charge in [-0.25, -0.2) is 4.98 Å². The molecule has 0 atom stereocenters. The van der Waals surface area contributed by atoms with E-state index in [-0.39, 0.29) is 23.3 Å². The maximum atomic E-state index is 14.9. The number of hydrogen-bond acceptors (Lipinski definition) is 6. The number of nitrogens with zero attached hydrogens (tertiary/aromatic N) is 4. The summed E-state index contributed by atoms with van der Waals surface area (Å²) in [6.07, 6.45) is 1.99. The maximum Gasteiger partial charge on any atom is 0.265 e. The number of pyridine rings is 1. The van der Waals surface area contributed by atoms with Crippen molar-refractivity contribution in [3.8, 4) is 27.5 Å². The van der Waals surface area contributed by atoms with Gasteiger partial charge in [0.15, 0.2) is 0 Å². The lowest BCUT2D eigenvalue weighted by molar-refractivity contribution is 0.0733. The molecule has 2 amide bonds. The molecule has 1 fully saturated rings. The standard InChI is InChI=1S/C36H42ClN5O3S/c1-7-23-10-9-11-24(8-2)31(23)42-29(20-22(3)4)27(34(43)41-18-16-38-17-19-41)21-28(35(42)44)33-39-30(25-12-14-26(37)15-13-25)32(46-33)36(45)40(5)6/h9-15,21-22,38H,7-8,16-20H2,1-6H3. The minimum absolute atomic E-state index is 0.0988. The van der Waals surface area contributed by atoms with E-state index >= 15 is 0 Å². The van der Waals surface area contributed by atoms with Crippen LogP contribution in [0.2, 0.25) is 5.02 Å². The summed E-state index contributed by atoms with van der Waals surface area (Å²) >= 11 is 7.36. The number of thiazole rings is 1. The average molecular weight is 660 g/mol. The van der Waals surface area contributed by atoms with Crippen molar-refractivity contribution in [2.75, 3.05) is 40.3 Å². The summed E-state index contributed by atoms with van der Waals surface area (Å²) in [4.78, 5) is 51.6.